The molecular formula is C5H9Cl2NO4. The highest BCUT2D eigenvalue weighted by atomic mass is 35.7. The lowest BCUT2D eigenvalue weighted by Gasteiger charge is -2.17. The number of nitrogens with zero attached hydrogens (tertiary/aromatic N) is 1. The Balaban J connectivity index is 0. The highest BCUT2D eigenvalue weighted by molar-refractivity contribution is 6.26. The van der Waals surface area contributed by atoms with Gasteiger partial charge in [-0.05, 0) is 0 Å². The van der Waals surface area contributed by atoms with Gasteiger partial charge >= 0.3 is 0 Å². The van der Waals surface area contributed by atoms with Gasteiger partial charge < -0.3 is 0 Å². The lowest BCUT2D eigenvalue weighted by Crippen LogP contribution is -2.68. The molecule has 0 aliphatic heterocycles. The molecule has 0 saturated heterocycles. The summed E-state index contributed by atoms with van der Waals surface area (Å²) < 4.78 is 35.9. The average Bonchev–Trinajstić information content (AvgIpc) is 1.79. The summed E-state index contributed by atoms with van der Waals surface area (Å²) in [6.07, 6.45) is 3.63. The van der Waals surface area contributed by atoms with Gasteiger partial charge in [0.15, 0.2) is 6.21 Å². The molecule has 0 atom stereocenters. The summed E-state index contributed by atoms with van der Waals surface area (Å²) in [6, 6.07) is 0. The molecule has 72 valence electrons. The fraction of sp³-hybridized carbons (Fsp3) is 0.400. The molecule has 0 radical (unpaired) electrons. The van der Waals surface area contributed by atoms with Crippen molar-refractivity contribution < 1.29 is 33.5 Å². The minimum absolute atomic E-state index is 1.47. The first-order chi connectivity index (χ1) is 5.27. The van der Waals surface area contributed by atoms with Crippen LogP contribution in [0.4, 0.5) is 0 Å². The van der Waals surface area contributed by atoms with Crippen LogP contribution < -0.4 is 18.6 Å². The second kappa shape index (κ2) is 7.48. The molecule has 0 heterocycles. The lowest BCUT2D eigenvalue weighted by molar-refractivity contribution is -2.00. The van der Waals surface area contributed by atoms with Crippen LogP contribution in [0.1, 0.15) is 0 Å². The third-order valence-corrected chi connectivity index (χ3v) is 0.602. The Hall–Kier alpha value is -0.170. The summed E-state index contributed by atoms with van der Waals surface area (Å²) in [6.45, 7) is 0. The minimum Gasteiger partial charge on any atom is -0.241 e. The van der Waals surface area contributed by atoms with Crippen molar-refractivity contribution in [3.63, 3.8) is 0 Å². The van der Waals surface area contributed by atoms with Gasteiger partial charge in [0.25, 0.3) is 0 Å². The van der Waals surface area contributed by atoms with E-state index in [4.69, 9.17) is 30.2 Å². The van der Waals surface area contributed by atoms with E-state index in [9.17, 15) is 0 Å². The summed E-state index contributed by atoms with van der Waals surface area (Å²) in [4.78, 5) is 0. The first-order valence-electron chi connectivity index (χ1n) is 2.65. The zero-order valence-electron chi connectivity index (χ0n) is 6.57. The number of halogens is 2. The van der Waals surface area contributed by atoms with Gasteiger partial charge in [-0.2, -0.15) is 0 Å². The van der Waals surface area contributed by atoms with Crippen molar-refractivity contribution in [3.05, 3.63) is 11.6 Å². The molecule has 0 unspecified atom stereocenters. The molecule has 0 aromatic heterocycles. The molecule has 0 aromatic rings. The van der Waals surface area contributed by atoms with Crippen molar-refractivity contribution in [1.29, 1.82) is 0 Å². The van der Waals surface area contributed by atoms with Gasteiger partial charge in [-0.3, -0.25) is 0 Å². The van der Waals surface area contributed by atoms with E-state index in [2.05, 4.69) is 0 Å². The second-order valence-electron chi connectivity index (χ2n) is 1.81. The topological polar surface area (TPSA) is 95.2 Å². The van der Waals surface area contributed by atoms with E-state index >= 15 is 0 Å². The zero-order valence-corrected chi connectivity index (χ0v) is 8.08. The molecule has 0 spiro atoms. The van der Waals surface area contributed by atoms with E-state index in [1.165, 1.54) is 5.54 Å². The van der Waals surface area contributed by atoms with Gasteiger partial charge in [-0.15, -0.1) is 10.2 Å². The maximum Gasteiger partial charge on any atom is 0.163 e. The maximum atomic E-state index is 8.49. The lowest BCUT2D eigenvalue weighted by atomic mass is 10.7. The molecule has 0 aromatic carbocycles. The third kappa shape index (κ3) is 52.2. The van der Waals surface area contributed by atoms with Crippen molar-refractivity contribution in [1.82, 2.24) is 0 Å². The number of rotatable bonds is 1. The minimum atomic E-state index is -4.94. The summed E-state index contributed by atoms with van der Waals surface area (Å²) in [5, 5.41) is 0. The normalized spacial score (nSPS) is 10.6. The number of hydrogen-bond donors (Lipinski definition) is 0. The molecule has 0 bridgehead atoms. The Labute approximate surface area is 77.6 Å². The molecule has 0 amide bonds. The van der Waals surface area contributed by atoms with E-state index < -0.39 is 10.2 Å². The molecule has 0 N–H and O–H groups in total. The quantitative estimate of drug-likeness (QED) is 0.334. The van der Waals surface area contributed by atoms with E-state index in [1.807, 2.05) is 24.9 Å². The van der Waals surface area contributed by atoms with Crippen molar-refractivity contribution in [2.24, 2.45) is 0 Å². The van der Waals surface area contributed by atoms with Gasteiger partial charge in [0.2, 0.25) is 0 Å². The molecule has 7 heteroatoms. The molecular weight excluding hydrogens is 209 g/mol. The van der Waals surface area contributed by atoms with Crippen molar-refractivity contribution >= 4 is 17.8 Å². The van der Waals surface area contributed by atoms with Gasteiger partial charge in [-0.25, -0.2) is 23.2 Å². The SMILES string of the molecule is C[N+](C)=CC=CCl.[O-][Cl+3]([O-])([O-])[O-]. The highest BCUT2D eigenvalue weighted by Crippen LogP contribution is 1.71. The Morgan fingerprint density at radius 3 is 1.58 bits per heavy atom. The van der Waals surface area contributed by atoms with Gasteiger partial charge in [0, 0.05) is 11.6 Å². The fourth-order valence-corrected chi connectivity index (χ4v) is 0.270. The summed E-state index contributed by atoms with van der Waals surface area (Å²) in [5.74, 6) is 0. The van der Waals surface area contributed by atoms with Crippen LogP contribution in [0, 0.1) is 10.2 Å². The first kappa shape index (κ1) is 14.4. The molecule has 12 heavy (non-hydrogen) atoms. The first-order valence-corrected chi connectivity index (χ1v) is 4.33. The van der Waals surface area contributed by atoms with E-state index in [0.717, 1.165) is 0 Å². The van der Waals surface area contributed by atoms with Crippen LogP contribution in [-0.4, -0.2) is 24.9 Å². The zero-order chi connectivity index (χ0) is 10.2. The van der Waals surface area contributed by atoms with Crippen LogP contribution in [-0.2, 0) is 0 Å². The van der Waals surface area contributed by atoms with Crippen molar-refractivity contribution in [2.45, 2.75) is 0 Å². The Bertz CT molecular complexity index is 153. The van der Waals surface area contributed by atoms with Crippen LogP contribution in [0.3, 0.4) is 0 Å². The second-order valence-corrected chi connectivity index (χ2v) is 2.82. The van der Waals surface area contributed by atoms with Crippen LogP contribution >= 0.6 is 11.6 Å². The molecule has 0 rings (SSSR count). The maximum absolute atomic E-state index is 8.49. The average molecular weight is 218 g/mol. The smallest absolute Gasteiger partial charge is 0.163 e. The Morgan fingerprint density at radius 1 is 1.17 bits per heavy atom. The molecule has 0 fully saturated rings. The largest absolute Gasteiger partial charge is 0.241 e. The van der Waals surface area contributed by atoms with E-state index in [-0.39, 0.29) is 0 Å². The summed E-state index contributed by atoms with van der Waals surface area (Å²) >= 11 is 5.21. The number of hydrogen-bond acceptors (Lipinski definition) is 4. The predicted octanol–water partition coefficient (Wildman–Crippen LogP) is -3.67. The van der Waals surface area contributed by atoms with E-state index in [1.54, 1.807) is 6.08 Å². The molecule has 0 aliphatic carbocycles. The molecule has 0 saturated carbocycles. The predicted molar refractivity (Wildman–Crippen MR) is 33.2 cm³/mol. The van der Waals surface area contributed by atoms with Gasteiger partial charge in [0.05, 0.1) is 0 Å². The van der Waals surface area contributed by atoms with Crippen LogP contribution in [0.25, 0.3) is 0 Å². The molecule has 0 aliphatic rings. The summed E-state index contributed by atoms with van der Waals surface area (Å²) in [5.41, 5.74) is 1.47. The van der Waals surface area contributed by atoms with Gasteiger partial charge in [-0.1, -0.05) is 11.6 Å². The number of allylic oxidation sites excluding steroid dienone is 1. The monoisotopic (exact) mass is 217 g/mol. The highest BCUT2D eigenvalue weighted by Gasteiger charge is 1.84. The third-order valence-electron chi connectivity index (χ3n) is 0.457. The van der Waals surface area contributed by atoms with E-state index in [0.29, 0.717) is 0 Å². The van der Waals surface area contributed by atoms with Crippen molar-refractivity contribution in [3.8, 4) is 0 Å². The fourth-order valence-electron chi connectivity index (χ4n) is 0.205. The standard InChI is InChI=1S/C5H9ClN.ClHO4/c1-7(2)5-3-4-6;2-1(3,4)5/h3-5H,1-2H3;(H,2,3,4,5)/q+1;/p-1. The van der Waals surface area contributed by atoms with Crippen molar-refractivity contribution in [2.75, 3.05) is 14.1 Å². The van der Waals surface area contributed by atoms with Crippen LogP contribution in [0.15, 0.2) is 11.6 Å². The molecule has 5 nitrogen and oxygen atoms in total. The Morgan fingerprint density at radius 2 is 1.50 bits per heavy atom. The summed E-state index contributed by atoms with van der Waals surface area (Å²) in [7, 11) is -1.06. The van der Waals surface area contributed by atoms with Crippen LogP contribution in [0.5, 0.6) is 0 Å². The Kier molecular flexibility index (Phi) is 8.95. The van der Waals surface area contributed by atoms with Crippen LogP contribution in [0.2, 0.25) is 0 Å². The van der Waals surface area contributed by atoms with Gasteiger partial charge in [0.1, 0.15) is 14.1 Å².